The minimum Gasteiger partial charge on any atom is -0.378 e. The number of nitrogens with zero attached hydrogens (tertiary/aromatic N) is 1. The first-order valence-electron chi connectivity index (χ1n) is 8.69. The first-order valence-corrected chi connectivity index (χ1v) is 9.68. The molecule has 0 saturated carbocycles. The van der Waals surface area contributed by atoms with Crippen LogP contribution in [0.5, 0.6) is 0 Å². The number of thioether (sulfide) groups is 1. The predicted octanol–water partition coefficient (Wildman–Crippen LogP) is 3.57. The van der Waals surface area contributed by atoms with Crippen molar-refractivity contribution in [3.8, 4) is 0 Å². The fourth-order valence-corrected chi connectivity index (χ4v) is 3.66. The van der Waals surface area contributed by atoms with Gasteiger partial charge in [-0.3, -0.25) is 4.79 Å². The van der Waals surface area contributed by atoms with E-state index in [9.17, 15) is 4.79 Å². The van der Waals surface area contributed by atoms with Crippen LogP contribution in [0.1, 0.15) is 22.8 Å². The number of morpholine rings is 1. The fraction of sp³-hybridized carbons (Fsp3) is 0.350. The molecule has 0 aliphatic carbocycles. The lowest BCUT2D eigenvalue weighted by atomic mass is 10.1. The lowest BCUT2D eigenvalue weighted by molar-refractivity contribution is 0.0948. The third-order valence-corrected chi connectivity index (χ3v) is 5.15. The smallest absolute Gasteiger partial charge is 0.252 e. The van der Waals surface area contributed by atoms with E-state index in [1.54, 1.807) is 11.8 Å². The van der Waals surface area contributed by atoms with Crippen LogP contribution >= 0.6 is 11.8 Å². The third kappa shape index (κ3) is 4.77. The van der Waals surface area contributed by atoms with Gasteiger partial charge in [0.1, 0.15) is 0 Å². The first-order chi connectivity index (χ1) is 12.3. The molecule has 0 unspecified atom stereocenters. The van der Waals surface area contributed by atoms with Crippen molar-refractivity contribution in [2.75, 3.05) is 37.0 Å². The Bertz CT molecular complexity index is 697. The molecular weight excluding hydrogens is 332 g/mol. The number of hydrogen-bond donors (Lipinski definition) is 1. The molecule has 0 bridgehead atoms. The van der Waals surface area contributed by atoms with Gasteiger partial charge in [-0.15, -0.1) is 11.8 Å². The van der Waals surface area contributed by atoms with Crippen LogP contribution in [0.4, 0.5) is 5.69 Å². The van der Waals surface area contributed by atoms with E-state index in [0.717, 1.165) is 48.1 Å². The van der Waals surface area contributed by atoms with Crippen molar-refractivity contribution in [3.63, 3.8) is 0 Å². The molecule has 1 aliphatic heterocycles. The van der Waals surface area contributed by atoms with Crippen molar-refractivity contribution < 1.29 is 9.53 Å². The number of benzene rings is 2. The minimum atomic E-state index is -0.0196. The summed E-state index contributed by atoms with van der Waals surface area (Å²) in [5.41, 5.74) is 3.06. The zero-order valence-corrected chi connectivity index (χ0v) is 15.3. The zero-order valence-electron chi connectivity index (χ0n) is 14.5. The summed E-state index contributed by atoms with van der Waals surface area (Å²) >= 11 is 1.69. The first kappa shape index (κ1) is 17.8. The van der Waals surface area contributed by atoms with Crippen LogP contribution in [0.15, 0.2) is 53.4 Å². The van der Waals surface area contributed by atoms with Crippen molar-refractivity contribution in [2.24, 2.45) is 0 Å². The van der Waals surface area contributed by atoms with Crippen molar-refractivity contribution in [3.05, 3.63) is 59.7 Å². The Kier molecular flexibility index (Phi) is 6.36. The maximum atomic E-state index is 12.5. The average molecular weight is 356 g/mol. The Morgan fingerprint density at radius 2 is 1.84 bits per heavy atom. The van der Waals surface area contributed by atoms with Gasteiger partial charge < -0.3 is 15.0 Å². The number of carbonyl (C=O) groups excluding carboxylic acids is 1. The number of ether oxygens (including phenoxy) is 1. The SMILES string of the molecule is CCSc1ccccc1C(=O)NCc1ccc(N2CCOCC2)cc1. The van der Waals surface area contributed by atoms with Gasteiger partial charge in [0.25, 0.3) is 5.91 Å². The molecule has 1 amide bonds. The van der Waals surface area contributed by atoms with E-state index in [0.29, 0.717) is 6.54 Å². The van der Waals surface area contributed by atoms with E-state index < -0.39 is 0 Å². The highest BCUT2D eigenvalue weighted by molar-refractivity contribution is 7.99. The summed E-state index contributed by atoms with van der Waals surface area (Å²) in [4.78, 5) is 15.8. The van der Waals surface area contributed by atoms with Crippen molar-refractivity contribution in [1.29, 1.82) is 0 Å². The van der Waals surface area contributed by atoms with Crippen molar-refractivity contribution in [1.82, 2.24) is 5.32 Å². The average Bonchev–Trinajstić information content (AvgIpc) is 2.68. The third-order valence-electron chi connectivity index (χ3n) is 4.20. The molecule has 1 aliphatic rings. The minimum absolute atomic E-state index is 0.0196. The normalized spacial score (nSPS) is 14.4. The molecule has 0 spiro atoms. The molecule has 25 heavy (non-hydrogen) atoms. The predicted molar refractivity (Wildman–Crippen MR) is 103 cm³/mol. The van der Waals surface area contributed by atoms with Crippen LogP contribution in [-0.2, 0) is 11.3 Å². The number of anilines is 1. The zero-order chi connectivity index (χ0) is 17.5. The highest BCUT2D eigenvalue weighted by atomic mass is 32.2. The van der Waals surface area contributed by atoms with Crippen LogP contribution in [0.3, 0.4) is 0 Å². The summed E-state index contributed by atoms with van der Waals surface area (Å²) in [5, 5.41) is 3.03. The number of nitrogens with one attached hydrogen (secondary N) is 1. The maximum Gasteiger partial charge on any atom is 0.252 e. The Balaban J connectivity index is 1.59. The molecule has 1 fully saturated rings. The van der Waals surface area contributed by atoms with Gasteiger partial charge in [-0.25, -0.2) is 0 Å². The van der Waals surface area contributed by atoms with Crippen LogP contribution in [0, 0.1) is 0 Å². The number of rotatable bonds is 6. The number of amides is 1. The molecule has 0 atom stereocenters. The summed E-state index contributed by atoms with van der Waals surface area (Å²) in [6, 6.07) is 16.2. The second-order valence-electron chi connectivity index (χ2n) is 5.88. The van der Waals surface area contributed by atoms with Gasteiger partial charge in [0, 0.05) is 30.2 Å². The van der Waals surface area contributed by atoms with E-state index in [4.69, 9.17) is 4.74 Å². The molecule has 2 aromatic rings. The van der Waals surface area contributed by atoms with E-state index >= 15 is 0 Å². The molecule has 4 nitrogen and oxygen atoms in total. The summed E-state index contributed by atoms with van der Waals surface area (Å²) < 4.78 is 5.39. The van der Waals surface area contributed by atoms with Gasteiger partial charge >= 0.3 is 0 Å². The van der Waals surface area contributed by atoms with Crippen LogP contribution < -0.4 is 10.2 Å². The van der Waals surface area contributed by atoms with E-state index in [-0.39, 0.29) is 5.91 Å². The molecule has 0 aromatic heterocycles. The molecule has 1 saturated heterocycles. The molecule has 132 valence electrons. The van der Waals surface area contributed by atoms with Gasteiger partial charge in [0.2, 0.25) is 0 Å². The van der Waals surface area contributed by atoms with Gasteiger partial charge in [-0.1, -0.05) is 31.2 Å². The largest absolute Gasteiger partial charge is 0.378 e. The Morgan fingerprint density at radius 3 is 2.56 bits per heavy atom. The molecule has 1 N–H and O–H groups in total. The van der Waals surface area contributed by atoms with Gasteiger partial charge in [-0.2, -0.15) is 0 Å². The second-order valence-corrected chi connectivity index (χ2v) is 7.18. The fourth-order valence-electron chi connectivity index (χ4n) is 2.86. The molecule has 0 radical (unpaired) electrons. The van der Waals surface area contributed by atoms with Crippen LogP contribution in [-0.4, -0.2) is 38.0 Å². The lowest BCUT2D eigenvalue weighted by Crippen LogP contribution is -2.36. The summed E-state index contributed by atoms with van der Waals surface area (Å²) in [7, 11) is 0. The Morgan fingerprint density at radius 1 is 1.12 bits per heavy atom. The molecule has 1 heterocycles. The summed E-state index contributed by atoms with van der Waals surface area (Å²) in [5.74, 6) is 0.932. The number of hydrogen-bond acceptors (Lipinski definition) is 4. The van der Waals surface area contributed by atoms with Crippen molar-refractivity contribution in [2.45, 2.75) is 18.4 Å². The van der Waals surface area contributed by atoms with E-state index in [2.05, 4.69) is 41.4 Å². The monoisotopic (exact) mass is 356 g/mol. The molecule has 5 heteroatoms. The quantitative estimate of drug-likeness (QED) is 0.804. The second kappa shape index (κ2) is 8.92. The van der Waals surface area contributed by atoms with Gasteiger partial charge in [-0.05, 0) is 35.6 Å². The molecule has 3 rings (SSSR count). The van der Waals surface area contributed by atoms with Crippen LogP contribution in [0.2, 0.25) is 0 Å². The number of carbonyl (C=O) groups is 1. The van der Waals surface area contributed by atoms with E-state index in [1.807, 2.05) is 24.3 Å². The lowest BCUT2D eigenvalue weighted by Gasteiger charge is -2.28. The molecular formula is C20H24N2O2S. The van der Waals surface area contributed by atoms with Crippen molar-refractivity contribution >= 4 is 23.4 Å². The standard InChI is InChI=1S/C20H24N2O2S/c1-2-25-19-6-4-3-5-18(19)20(23)21-15-16-7-9-17(10-8-16)22-11-13-24-14-12-22/h3-10H,2,11-15H2,1H3,(H,21,23). The highest BCUT2D eigenvalue weighted by Gasteiger charge is 2.12. The van der Waals surface area contributed by atoms with E-state index in [1.165, 1.54) is 5.69 Å². The summed E-state index contributed by atoms with van der Waals surface area (Å²) in [6.07, 6.45) is 0. The van der Waals surface area contributed by atoms with Gasteiger partial charge in [0.05, 0.1) is 18.8 Å². The molecule has 2 aromatic carbocycles. The van der Waals surface area contributed by atoms with Crippen LogP contribution in [0.25, 0.3) is 0 Å². The van der Waals surface area contributed by atoms with Gasteiger partial charge in [0.15, 0.2) is 0 Å². The topological polar surface area (TPSA) is 41.6 Å². The Labute approximate surface area is 153 Å². The summed E-state index contributed by atoms with van der Waals surface area (Å²) in [6.45, 7) is 6.06. The highest BCUT2D eigenvalue weighted by Crippen LogP contribution is 2.22. The maximum absolute atomic E-state index is 12.5. The Hall–Kier alpha value is -1.98.